The first kappa shape index (κ1) is 23.3. The molecule has 8 nitrogen and oxygen atoms in total. The van der Waals surface area contributed by atoms with Crippen LogP contribution in [0.3, 0.4) is 0 Å². The van der Waals surface area contributed by atoms with E-state index in [1.165, 1.54) is 0 Å². The number of amides is 2. The Morgan fingerprint density at radius 1 is 1.10 bits per heavy atom. The highest BCUT2D eigenvalue weighted by atomic mass is 16.5. The molecule has 0 saturated heterocycles. The number of hydrogen-bond donors (Lipinski definition) is 3. The van der Waals surface area contributed by atoms with E-state index in [-0.39, 0.29) is 6.42 Å². The van der Waals surface area contributed by atoms with Gasteiger partial charge in [-0.15, -0.1) is 0 Å². The predicted octanol–water partition coefficient (Wildman–Crippen LogP) is 4.76. The van der Waals surface area contributed by atoms with Crippen molar-refractivity contribution in [3.05, 3.63) is 35.6 Å². The molecule has 0 bridgehead atoms. The summed E-state index contributed by atoms with van der Waals surface area (Å²) in [7, 11) is 0. The second-order valence-corrected chi connectivity index (χ2v) is 8.34. The number of carbonyl (C=O) groups excluding carboxylic acids is 1. The molecule has 3 N–H and O–H groups in total. The Hall–Kier alpha value is -3.03. The minimum absolute atomic E-state index is 0.0326. The molecule has 0 radical (unpaired) electrons. The second kappa shape index (κ2) is 10.7. The van der Waals surface area contributed by atoms with Crippen LogP contribution in [-0.2, 0) is 11.2 Å². The van der Waals surface area contributed by atoms with Crippen LogP contribution >= 0.6 is 0 Å². The molecule has 0 fully saturated rings. The van der Waals surface area contributed by atoms with Gasteiger partial charge in [0.05, 0.1) is 11.4 Å². The van der Waals surface area contributed by atoms with Gasteiger partial charge in [-0.25, -0.2) is 4.79 Å². The number of carboxylic acids is 1. The molecule has 0 unspecified atom stereocenters. The molecule has 0 saturated carbocycles. The summed E-state index contributed by atoms with van der Waals surface area (Å²) in [6.07, 6.45) is 0.424. The monoisotopic (exact) mass is 416 g/mol. The smallest absolute Gasteiger partial charge is 0.325 e. The van der Waals surface area contributed by atoms with E-state index in [2.05, 4.69) is 48.4 Å². The zero-order valence-corrected chi connectivity index (χ0v) is 18.4. The van der Waals surface area contributed by atoms with Crippen molar-refractivity contribution in [1.29, 1.82) is 0 Å². The Kier molecular flexibility index (Phi) is 8.26. The topological polar surface area (TPSA) is 108 Å². The first-order chi connectivity index (χ1) is 14.1. The van der Waals surface area contributed by atoms with Crippen molar-refractivity contribution in [3.8, 4) is 0 Å². The van der Waals surface area contributed by atoms with E-state index < -0.39 is 12.0 Å². The fraction of sp³-hybridized carbons (Fsp3) is 0.500. The van der Waals surface area contributed by atoms with Gasteiger partial charge in [-0.1, -0.05) is 38.9 Å². The fourth-order valence-corrected chi connectivity index (χ4v) is 3.21. The highest BCUT2D eigenvalue weighted by Crippen LogP contribution is 2.29. The lowest BCUT2D eigenvalue weighted by atomic mass is 10.1. The van der Waals surface area contributed by atoms with Gasteiger partial charge in [-0.05, 0) is 42.9 Å². The number of carbonyl (C=O) groups is 2. The molecule has 2 rings (SSSR count). The number of nitrogens with zero attached hydrogens (tertiary/aromatic N) is 2. The predicted molar refractivity (Wildman–Crippen MR) is 118 cm³/mol. The summed E-state index contributed by atoms with van der Waals surface area (Å²) in [5, 5.41) is 18.3. The lowest BCUT2D eigenvalue weighted by Gasteiger charge is -2.30. The van der Waals surface area contributed by atoms with Crippen molar-refractivity contribution in [1.82, 2.24) is 5.16 Å². The summed E-state index contributed by atoms with van der Waals surface area (Å²) in [4.78, 5) is 25.8. The summed E-state index contributed by atoms with van der Waals surface area (Å²) in [5.41, 5.74) is 2.39. The molecule has 1 aromatic heterocycles. The summed E-state index contributed by atoms with van der Waals surface area (Å²) < 4.78 is 4.98. The van der Waals surface area contributed by atoms with Crippen LogP contribution in [0, 0.1) is 18.8 Å². The van der Waals surface area contributed by atoms with Crippen LogP contribution in [0.25, 0.3) is 0 Å². The maximum absolute atomic E-state index is 12.6. The van der Waals surface area contributed by atoms with E-state index in [0.29, 0.717) is 35.5 Å². The average molecular weight is 417 g/mol. The maximum Gasteiger partial charge on any atom is 0.325 e. The minimum Gasteiger partial charge on any atom is -0.481 e. The van der Waals surface area contributed by atoms with Crippen LogP contribution in [-0.4, -0.2) is 35.4 Å². The number of urea groups is 1. The van der Waals surface area contributed by atoms with Gasteiger partial charge >= 0.3 is 12.0 Å². The molecule has 0 spiro atoms. The van der Waals surface area contributed by atoms with Crippen molar-refractivity contribution < 1.29 is 19.2 Å². The molecule has 2 aromatic rings. The lowest BCUT2D eigenvalue weighted by Crippen LogP contribution is -2.32. The number of hydrogen-bond acceptors (Lipinski definition) is 5. The molecular weight excluding hydrogens is 384 g/mol. The quantitative estimate of drug-likeness (QED) is 0.515. The number of benzene rings is 1. The first-order valence-corrected chi connectivity index (χ1v) is 10.2. The Morgan fingerprint density at radius 2 is 1.77 bits per heavy atom. The van der Waals surface area contributed by atoms with Crippen LogP contribution in [0.4, 0.5) is 22.0 Å². The summed E-state index contributed by atoms with van der Waals surface area (Å²) >= 11 is 0. The first-order valence-electron chi connectivity index (χ1n) is 10.2. The minimum atomic E-state index is -0.853. The van der Waals surface area contributed by atoms with Crippen molar-refractivity contribution in [3.63, 3.8) is 0 Å². The number of rotatable bonds is 10. The van der Waals surface area contributed by atoms with Gasteiger partial charge in [0.2, 0.25) is 0 Å². The van der Waals surface area contributed by atoms with Gasteiger partial charge in [-0.2, -0.15) is 0 Å². The number of anilines is 3. The van der Waals surface area contributed by atoms with Crippen molar-refractivity contribution >= 4 is 29.2 Å². The number of nitrogens with one attached hydrogen (secondary N) is 2. The Bertz CT molecular complexity index is 851. The normalized spacial score (nSPS) is 11.0. The van der Waals surface area contributed by atoms with Crippen LogP contribution in [0.15, 0.2) is 28.8 Å². The van der Waals surface area contributed by atoms with Gasteiger partial charge in [0, 0.05) is 25.6 Å². The maximum atomic E-state index is 12.6. The van der Waals surface area contributed by atoms with E-state index in [1.54, 1.807) is 13.0 Å². The summed E-state index contributed by atoms with van der Waals surface area (Å²) in [6.45, 7) is 12.0. The molecule has 0 aliphatic rings. The zero-order valence-electron chi connectivity index (χ0n) is 18.4. The molecule has 8 heteroatoms. The third-order valence-electron chi connectivity index (χ3n) is 4.32. The zero-order chi connectivity index (χ0) is 22.3. The average Bonchev–Trinajstić information content (AvgIpc) is 3.03. The standard InChI is InChI=1S/C22H32N4O4/c1-14(2)12-26(13-15(3)4)19-8-6-17(7-9-21(27)28)11-18(19)23-22(29)24-20-10-16(5)30-25-20/h6,8,10-11,14-15H,7,9,12-13H2,1-5H3,(H,27,28)(H2,23,24,25,29). The van der Waals surface area contributed by atoms with Gasteiger partial charge in [0.1, 0.15) is 5.76 Å². The van der Waals surface area contributed by atoms with E-state index >= 15 is 0 Å². The van der Waals surface area contributed by atoms with Crippen LogP contribution in [0.2, 0.25) is 0 Å². The van der Waals surface area contributed by atoms with E-state index in [4.69, 9.17) is 9.63 Å². The van der Waals surface area contributed by atoms with E-state index in [1.807, 2.05) is 18.2 Å². The van der Waals surface area contributed by atoms with E-state index in [0.717, 1.165) is 24.3 Å². The number of aryl methyl sites for hydroxylation is 2. The summed E-state index contributed by atoms with van der Waals surface area (Å²) in [5.74, 6) is 0.955. The van der Waals surface area contributed by atoms with Crippen molar-refractivity contribution in [2.75, 3.05) is 28.6 Å². The molecule has 0 atom stereocenters. The van der Waals surface area contributed by atoms with Gasteiger partial charge in [0.25, 0.3) is 0 Å². The van der Waals surface area contributed by atoms with Crippen molar-refractivity contribution in [2.24, 2.45) is 11.8 Å². The lowest BCUT2D eigenvalue weighted by molar-refractivity contribution is -0.136. The number of aromatic nitrogens is 1. The third kappa shape index (κ3) is 7.42. The number of aliphatic carboxylic acids is 1. The molecule has 0 aliphatic heterocycles. The SMILES string of the molecule is Cc1cc(NC(=O)Nc2cc(CCC(=O)O)ccc2N(CC(C)C)CC(C)C)no1. The Balaban J connectivity index is 2.31. The van der Waals surface area contributed by atoms with Crippen LogP contribution < -0.4 is 15.5 Å². The molecule has 1 aromatic carbocycles. The van der Waals surface area contributed by atoms with Crippen LogP contribution in [0.1, 0.15) is 45.4 Å². The van der Waals surface area contributed by atoms with Gasteiger partial charge < -0.3 is 19.8 Å². The molecule has 164 valence electrons. The highest BCUT2D eigenvalue weighted by Gasteiger charge is 2.17. The van der Waals surface area contributed by atoms with Crippen LogP contribution in [0.5, 0.6) is 0 Å². The van der Waals surface area contributed by atoms with Crippen molar-refractivity contribution in [2.45, 2.75) is 47.5 Å². The molecule has 0 aliphatic carbocycles. The summed E-state index contributed by atoms with van der Waals surface area (Å²) in [6, 6.07) is 6.93. The molecule has 30 heavy (non-hydrogen) atoms. The van der Waals surface area contributed by atoms with E-state index in [9.17, 15) is 9.59 Å². The second-order valence-electron chi connectivity index (χ2n) is 8.34. The Morgan fingerprint density at radius 3 is 2.30 bits per heavy atom. The molecule has 2 amide bonds. The molecular formula is C22H32N4O4. The highest BCUT2D eigenvalue weighted by molar-refractivity contribution is 6.01. The fourth-order valence-electron chi connectivity index (χ4n) is 3.21. The van der Waals surface area contributed by atoms with Gasteiger partial charge in [-0.3, -0.25) is 10.1 Å². The third-order valence-corrected chi connectivity index (χ3v) is 4.32. The van der Waals surface area contributed by atoms with Gasteiger partial charge in [0.15, 0.2) is 5.82 Å². The largest absolute Gasteiger partial charge is 0.481 e. The Labute approximate surface area is 177 Å². The number of carboxylic acid groups (broad SMARTS) is 1. The molecule has 1 heterocycles.